The van der Waals surface area contributed by atoms with E-state index < -0.39 is 11.5 Å². The molecule has 0 radical (unpaired) electrons. The molecule has 2 N–H and O–H groups in total. The van der Waals surface area contributed by atoms with E-state index in [2.05, 4.69) is 5.32 Å². The highest BCUT2D eigenvalue weighted by atomic mass is 16.5. The van der Waals surface area contributed by atoms with E-state index in [0.29, 0.717) is 0 Å². The molecule has 0 bridgehead atoms. The van der Waals surface area contributed by atoms with Crippen LogP contribution in [-0.4, -0.2) is 24.0 Å². The highest BCUT2D eigenvalue weighted by molar-refractivity contribution is 6.25. The van der Waals surface area contributed by atoms with Gasteiger partial charge < -0.3 is 15.2 Å². The minimum atomic E-state index is -0.908. The SMILES string of the molecule is COC(=O)/C(C1=NC(c2ccccc2)(c2ccccc2)c2ccccc2N1)=C(\C)O. The first kappa shape index (κ1) is 19.5. The minimum Gasteiger partial charge on any atom is -0.512 e. The molecule has 3 aromatic carbocycles. The number of esters is 1. The van der Waals surface area contributed by atoms with Crippen LogP contribution in [0.3, 0.4) is 0 Å². The molecule has 5 heteroatoms. The van der Waals surface area contributed by atoms with Crippen molar-refractivity contribution >= 4 is 17.5 Å². The van der Waals surface area contributed by atoms with Gasteiger partial charge in [0.2, 0.25) is 0 Å². The maximum Gasteiger partial charge on any atom is 0.345 e. The van der Waals surface area contributed by atoms with Crippen molar-refractivity contribution in [3.63, 3.8) is 0 Å². The number of hydrogen-bond acceptors (Lipinski definition) is 5. The second-order valence-corrected chi connectivity index (χ2v) is 7.03. The molecule has 30 heavy (non-hydrogen) atoms. The lowest BCUT2D eigenvalue weighted by atomic mass is 9.76. The topological polar surface area (TPSA) is 70.9 Å². The number of hydrogen-bond donors (Lipinski definition) is 2. The van der Waals surface area contributed by atoms with E-state index in [0.717, 1.165) is 22.4 Å². The van der Waals surface area contributed by atoms with E-state index in [1.807, 2.05) is 84.9 Å². The van der Waals surface area contributed by atoms with Gasteiger partial charge in [-0.3, -0.25) is 0 Å². The van der Waals surface area contributed by atoms with E-state index in [1.54, 1.807) is 0 Å². The van der Waals surface area contributed by atoms with Crippen molar-refractivity contribution < 1.29 is 14.6 Å². The van der Waals surface area contributed by atoms with Gasteiger partial charge in [-0.1, -0.05) is 78.9 Å². The molecule has 0 aromatic heterocycles. The highest BCUT2D eigenvalue weighted by Crippen LogP contribution is 2.46. The summed E-state index contributed by atoms with van der Waals surface area (Å²) in [6, 6.07) is 27.7. The number of methoxy groups -OCH3 is 1. The monoisotopic (exact) mass is 398 g/mol. The average molecular weight is 398 g/mol. The van der Waals surface area contributed by atoms with Crippen LogP contribution in [0.25, 0.3) is 0 Å². The molecule has 1 aliphatic heterocycles. The number of rotatable bonds is 4. The number of nitrogens with one attached hydrogen (secondary N) is 1. The standard InChI is InChI=1S/C25H22N2O3/c1-17(28)22(24(29)30-2)23-26-21-16-10-9-15-20(21)25(27-23,18-11-5-3-6-12-18)19-13-7-4-8-14-19/h3-16,28H,1-2H3,(H,26,27)/b22-17+. The molecule has 0 spiro atoms. The van der Waals surface area contributed by atoms with Gasteiger partial charge in [0.15, 0.2) is 0 Å². The first-order valence-electron chi connectivity index (χ1n) is 9.64. The first-order chi connectivity index (χ1) is 14.6. The van der Waals surface area contributed by atoms with Gasteiger partial charge in [-0.05, 0) is 24.1 Å². The Morgan fingerprint density at radius 1 is 0.900 bits per heavy atom. The number of amidine groups is 1. The zero-order chi connectivity index (χ0) is 21.1. The number of aliphatic imine (C=N–C) groups is 1. The second kappa shape index (κ2) is 7.87. The first-order valence-corrected chi connectivity index (χ1v) is 9.64. The van der Waals surface area contributed by atoms with Crippen LogP contribution in [0, 0.1) is 0 Å². The smallest absolute Gasteiger partial charge is 0.345 e. The Morgan fingerprint density at radius 2 is 1.43 bits per heavy atom. The predicted molar refractivity (Wildman–Crippen MR) is 118 cm³/mol. The Balaban J connectivity index is 2.10. The number of fused-ring (bicyclic) bond motifs is 1. The summed E-state index contributed by atoms with van der Waals surface area (Å²) in [7, 11) is 1.28. The van der Waals surface area contributed by atoms with Crippen LogP contribution < -0.4 is 5.32 Å². The highest BCUT2D eigenvalue weighted by Gasteiger charge is 2.42. The molecular weight excluding hydrogens is 376 g/mol. The molecule has 0 saturated carbocycles. The summed E-state index contributed by atoms with van der Waals surface area (Å²) in [6.45, 7) is 1.45. The van der Waals surface area contributed by atoms with Gasteiger partial charge in [0.25, 0.3) is 0 Å². The Bertz CT molecular complexity index is 1090. The maximum absolute atomic E-state index is 12.5. The number of para-hydroxylation sites is 1. The number of nitrogens with zero attached hydrogens (tertiary/aromatic N) is 1. The van der Waals surface area contributed by atoms with E-state index >= 15 is 0 Å². The third kappa shape index (κ3) is 3.14. The van der Waals surface area contributed by atoms with Gasteiger partial charge in [0.05, 0.1) is 7.11 Å². The largest absolute Gasteiger partial charge is 0.512 e. The number of benzene rings is 3. The van der Waals surface area contributed by atoms with E-state index in [4.69, 9.17) is 9.73 Å². The zero-order valence-electron chi connectivity index (χ0n) is 16.8. The summed E-state index contributed by atoms with van der Waals surface area (Å²) in [5, 5.41) is 13.5. The van der Waals surface area contributed by atoms with E-state index in [1.165, 1.54) is 14.0 Å². The summed E-state index contributed by atoms with van der Waals surface area (Å²) in [5.41, 5.74) is 2.74. The van der Waals surface area contributed by atoms with Crippen molar-refractivity contribution in [2.75, 3.05) is 12.4 Å². The van der Waals surface area contributed by atoms with Crippen molar-refractivity contribution in [2.24, 2.45) is 4.99 Å². The van der Waals surface area contributed by atoms with Crippen LogP contribution in [0.2, 0.25) is 0 Å². The molecular formula is C25H22N2O3. The number of carbonyl (C=O) groups excluding carboxylic acids is 1. The van der Waals surface area contributed by atoms with E-state index in [-0.39, 0.29) is 17.2 Å². The van der Waals surface area contributed by atoms with Gasteiger partial charge in [0, 0.05) is 11.3 Å². The number of ether oxygens (including phenoxy) is 1. The third-order valence-corrected chi connectivity index (χ3v) is 5.22. The number of aliphatic hydroxyl groups is 1. The number of allylic oxidation sites excluding steroid dienone is 1. The molecule has 0 unspecified atom stereocenters. The molecule has 5 nitrogen and oxygen atoms in total. The van der Waals surface area contributed by atoms with Crippen molar-refractivity contribution in [3.8, 4) is 0 Å². The third-order valence-electron chi connectivity index (χ3n) is 5.22. The predicted octanol–water partition coefficient (Wildman–Crippen LogP) is 4.81. The lowest BCUT2D eigenvalue weighted by Gasteiger charge is -2.38. The minimum absolute atomic E-state index is 0.00300. The van der Waals surface area contributed by atoms with Crippen LogP contribution in [0.4, 0.5) is 5.69 Å². The Morgan fingerprint density at radius 3 is 1.97 bits per heavy atom. The normalized spacial score (nSPS) is 15.2. The number of carbonyl (C=O) groups is 1. The molecule has 0 fully saturated rings. The summed E-state index contributed by atoms with van der Waals surface area (Å²) >= 11 is 0. The summed E-state index contributed by atoms with van der Waals surface area (Å²) in [6.07, 6.45) is 0. The van der Waals surface area contributed by atoms with Crippen molar-refractivity contribution in [2.45, 2.75) is 12.5 Å². The van der Waals surface area contributed by atoms with Crippen LogP contribution >= 0.6 is 0 Å². The summed E-state index contributed by atoms with van der Waals surface area (Å²) in [4.78, 5) is 17.6. The Labute approximate surface area is 175 Å². The number of aliphatic hydroxyl groups excluding tert-OH is 1. The fourth-order valence-electron chi connectivity index (χ4n) is 3.89. The van der Waals surface area contributed by atoms with Crippen LogP contribution in [0.15, 0.2) is 101 Å². The van der Waals surface area contributed by atoms with Gasteiger partial charge in [-0.25, -0.2) is 9.79 Å². The molecule has 0 saturated heterocycles. The quantitative estimate of drug-likeness (QED) is 0.376. The van der Waals surface area contributed by atoms with Crippen LogP contribution in [-0.2, 0) is 15.1 Å². The summed E-state index contributed by atoms with van der Waals surface area (Å²) < 4.78 is 4.92. The molecule has 0 amide bonds. The van der Waals surface area contributed by atoms with Gasteiger partial charge >= 0.3 is 5.97 Å². The molecule has 4 rings (SSSR count). The molecule has 3 aromatic rings. The zero-order valence-corrected chi connectivity index (χ0v) is 16.8. The fourth-order valence-corrected chi connectivity index (χ4v) is 3.89. The fraction of sp³-hybridized carbons (Fsp3) is 0.120. The van der Waals surface area contributed by atoms with Gasteiger partial charge in [0.1, 0.15) is 22.7 Å². The lowest BCUT2D eigenvalue weighted by Crippen LogP contribution is -2.37. The molecule has 0 atom stereocenters. The second-order valence-electron chi connectivity index (χ2n) is 7.03. The number of anilines is 1. The Hall–Kier alpha value is -3.86. The van der Waals surface area contributed by atoms with Crippen LogP contribution in [0.5, 0.6) is 0 Å². The molecule has 0 aliphatic carbocycles. The van der Waals surface area contributed by atoms with Crippen molar-refractivity contribution in [3.05, 3.63) is 113 Å². The van der Waals surface area contributed by atoms with E-state index in [9.17, 15) is 9.90 Å². The Kier molecular flexibility index (Phi) is 5.11. The molecule has 1 heterocycles. The lowest BCUT2D eigenvalue weighted by molar-refractivity contribution is -0.135. The maximum atomic E-state index is 12.5. The van der Waals surface area contributed by atoms with Gasteiger partial charge in [-0.2, -0.15) is 0 Å². The van der Waals surface area contributed by atoms with Crippen molar-refractivity contribution in [1.29, 1.82) is 0 Å². The molecule has 1 aliphatic rings. The van der Waals surface area contributed by atoms with Crippen molar-refractivity contribution in [1.82, 2.24) is 0 Å². The average Bonchev–Trinajstić information content (AvgIpc) is 2.79. The summed E-state index contributed by atoms with van der Waals surface area (Å²) in [5.74, 6) is -0.564. The van der Waals surface area contributed by atoms with Gasteiger partial charge in [-0.15, -0.1) is 0 Å². The molecule has 150 valence electrons. The van der Waals surface area contributed by atoms with Crippen LogP contribution in [0.1, 0.15) is 23.6 Å².